The van der Waals surface area contributed by atoms with Gasteiger partial charge in [-0.25, -0.2) is 0 Å². The average Bonchev–Trinajstić information content (AvgIpc) is 2.55. The van der Waals surface area contributed by atoms with Crippen molar-refractivity contribution in [1.82, 2.24) is 5.32 Å². The minimum Gasteiger partial charge on any atom is -0.349 e. The molecule has 2 nitrogen and oxygen atoms in total. The van der Waals surface area contributed by atoms with Crippen LogP contribution in [0.2, 0.25) is 0 Å². The van der Waals surface area contributed by atoms with Crippen LogP contribution in [0.25, 0.3) is 0 Å². The van der Waals surface area contributed by atoms with E-state index >= 15 is 0 Å². The molecule has 0 aromatic heterocycles. The summed E-state index contributed by atoms with van der Waals surface area (Å²) in [4.78, 5) is 12.9. The van der Waals surface area contributed by atoms with Crippen molar-refractivity contribution < 1.29 is 4.79 Å². The Balaban J connectivity index is 1.74. The lowest BCUT2D eigenvalue weighted by atomic mass is 9.63. The van der Waals surface area contributed by atoms with Crippen molar-refractivity contribution in [2.24, 2.45) is 0 Å². The Bertz CT molecular complexity index is 656. The highest BCUT2D eigenvalue weighted by Gasteiger charge is 2.45. The second-order valence-electron chi connectivity index (χ2n) is 6.59. The van der Waals surface area contributed by atoms with E-state index in [4.69, 9.17) is 0 Å². The lowest BCUT2D eigenvalue weighted by Crippen LogP contribution is -2.49. The number of benzene rings is 2. The van der Waals surface area contributed by atoms with Gasteiger partial charge in [-0.3, -0.25) is 4.79 Å². The van der Waals surface area contributed by atoms with Gasteiger partial charge in [0.25, 0.3) is 0 Å². The molecule has 0 radical (unpaired) electrons. The van der Waals surface area contributed by atoms with Crippen LogP contribution in [0.1, 0.15) is 55.8 Å². The molecule has 2 aromatic rings. The molecule has 1 N–H and O–H groups in total. The normalized spacial score (nSPS) is 17.1. The number of hydrogen-bond acceptors (Lipinski definition) is 1. The van der Waals surface area contributed by atoms with Gasteiger partial charge in [-0.1, -0.05) is 67.9 Å². The molecule has 1 fully saturated rings. The molecular weight excluding hydrogens is 282 g/mol. The second kappa shape index (κ2) is 6.57. The predicted octanol–water partition coefficient (Wildman–Crippen LogP) is 4.55. The van der Waals surface area contributed by atoms with E-state index in [1.165, 1.54) is 5.56 Å². The van der Waals surface area contributed by atoms with Gasteiger partial charge in [0.2, 0.25) is 5.91 Å². The van der Waals surface area contributed by atoms with Crippen LogP contribution in [0, 0.1) is 0 Å². The van der Waals surface area contributed by atoms with Crippen LogP contribution in [0.15, 0.2) is 54.6 Å². The van der Waals surface area contributed by atoms with Crippen molar-refractivity contribution in [2.75, 3.05) is 0 Å². The summed E-state index contributed by atoms with van der Waals surface area (Å²) in [7, 11) is 0. The number of amides is 1. The first-order valence-electron chi connectivity index (χ1n) is 8.61. The molecule has 0 bridgehead atoms. The fourth-order valence-corrected chi connectivity index (χ4v) is 3.39. The number of rotatable bonds is 5. The number of nitrogens with one attached hydrogen (secondary N) is 1. The Hall–Kier alpha value is -2.09. The molecule has 0 aliphatic heterocycles. The third-order valence-electron chi connectivity index (χ3n) is 5.20. The van der Waals surface area contributed by atoms with Crippen LogP contribution in [-0.2, 0) is 16.6 Å². The molecule has 1 aliphatic carbocycles. The van der Waals surface area contributed by atoms with Gasteiger partial charge in [0, 0.05) is 0 Å². The number of carbonyl (C=O) groups is 1. The lowest BCUT2D eigenvalue weighted by Gasteiger charge is -2.41. The molecule has 1 unspecified atom stereocenters. The smallest absolute Gasteiger partial charge is 0.231 e. The molecule has 2 heteroatoms. The molecule has 1 aliphatic rings. The van der Waals surface area contributed by atoms with Gasteiger partial charge in [0.05, 0.1) is 11.5 Å². The van der Waals surface area contributed by atoms with Gasteiger partial charge in [-0.15, -0.1) is 0 Å². The van der Waals surface area contributed by atoms with Crippen molar-refractivity contribution in [3.63, 3.8) is 0 Å². The van der Waals surface area contributed by atoms with Crippen LogP contribution in [-0.4, -0.2) is 5.91 Å². The van der Waals surface area contributed by atoms with Gasteiger partial charge >= 0.3 is 0 Å². The van der Waals surface area contributed by atoms with E-state index in [1.54, 1.807) is 0 Å². The molecular formula is C21H25NO. The van der Waals surface area contributed by atoms with Crippen LogP contribution >= 0.6 is 0 Å². The summed E-state index contributed by atoms with van der Waals surface area (Å²) in [5, 5.41) is 3.24. The third kappa shape index (κ3) is 3.03. The molecule has 0 saturated heterocycles. The summed E-state index contributed by atoms with van der Waals surface area (Å²) in [6, 6.07) is 18.8. The van der Waals surface area contributed by atoms with Gasteiger partial charge in [-0.05, 0) is 42.9 Å². The zero-order valence-electron chi connectivity index (χ0n) is 14.0. The Kier molecular flexibility index (Phi) is 4.51. The Morgan fingerprint density at radius 3 is 2.26 bits per heavy atom. The first-order chi connectivity index (χ1) is 11.2. The van der Waals surface area contributed by atoms with Crippen molar-refractivity contribution in [3.8, 4) is 0 Å². The van der Waals surface area contributed by atoms with Crippen molar-refractivity contribution in [3.05, 3.63) is 71.3 Å². The number of carbonyl (C=O) groups excluding carboxylic acids is 1. The van der Waals surface area contributed by atoms with E-state index in [1.807, 2.05) is 18.2 Å². The molecule has 0 heterocycles. The summed E-state index contributed by atoms with van der Waals surface area (Å²) < 4.78 is 0. The van der Waals surface area contributed by atoms with Gasteiger partial charge < -0.3 is 5.32 Å². The van der Waals surface area contributed by atoms with E-state index in [9.17, 15) is 4.79 Å². The van der Waals surface area contributed by atoms with E-state index in [0.29, 0.717) is 0 Å². The molecule has 1 saturated carbocycles. The monoisotopic (exact) mass is 307 g/mol. The predicted molar refractivity (Wildman–Crippen MR) is 94.3 cm³/mol. The van der Waals surface area contributed by atoms with E-state index in [0.717, 1.165) is 36.8 Å². The van der Waals surface area contributed by atoms with E-state index < -0.39 is 0 Å². The highest BCUT2D eigenvalue weighted by Crippen LogP contribution is 2.44. The molecule has 2 aromatic carbocycles. The van der Waals surface area contributed by atoms with E-state index in [-0.39, 0.29) is 17.4 Å². The third-order valence-corrected chi connectivity index (χ3v) is 5.20. The van der Waals surface area contributed by atoms with Gasteiger partial charge in [-0.2, -0.15) is 0 Å². The summed E-state index contributed by atoms with van der Waals surface area (Å²) in [5.74, 6) is 0.169. The summed E-state index contributed by atoms with van der Waals surface area (Å²) in [6.45, 7) is 4.22. The minimum atomic E-state index is -0.321. The molecule has 1 atom stereocenters. The van der Waals surface area contributed by atoms with Crippen molar-refractivity contribution in [1.29, 1.82) is 0 Å². The van der Waals surface area contributed by atoms with E-state index in [2.05, 4.69) is 55.6 Å². The fraction of sp³-hybridized carbons (Fsp3) is 0.381. The van der Waals surface area contributed by atoms with Crippen LogP contribution < -0.4 is 5.32 Å². The summed E-state index contributed by atoms with van der Waals surface area (Å²) in [5.41, 5.74) is 3.32. The highest BCUT2D eigenvalue weighted by atomic mass is 16.2. The Morgan fingerprint density at radius 1 is 1.09 bits per heavy atom. The fourth-order valence-electron chi connectivity index (χ4n) is 3.39. The summed E-state index contributed by atoms with van der Waals surface area (Å²) >= 11 is 0. The van der Waals surface area contributed by atoms with Gasteiger partial charge in [0.1, 0.15) is 0 Å². The molecule has 120 valence electrons. The molecule has 23 heavy (non-hydrogen) atoms. The maximum absolute atomic E-state index is 12.9. The largest absolute Gasteiger partial charge is 0.349 e. The number of aryl methyl sites for hydroxylation is 1. The molecule has 0 spiro atoms. The van der Waals surface area contributed by atoms with Crippen LogP contribution in [0.3, 0.4) is 0 Å². The first kappa shape index (κ1) is 15.8. The topological polar surface area (TPSA) is 29.1 Å². The maximum Gasteiger partial charge on any atom is 0.231 e. The van der Waals surface area contributed by atoms with Crippen LogP contribution in [0.4, 0.5) is 0 Å². The standard InChI is InChI=1S/C21H25NO/c1-3-17-10-12-18(13-11-17)16(2)22-20(23)21(14-7-15-21)19-8-5-4-6-9-19/h4-6,8-13,16H,3,7,14-15H2,1-2H3,(H,22,23). The second-order valence-corrected chi connectivity index (χ2v) is 6.59. The molecule has 1 amide bonds. The number of hydrogen-bond donors (Lipinski definition) is 1. The maximum atomic E-state index is 12.9. The van der Waals surface area contributed by atoms with Crippen LogP contribution in [0.5, 0.6) is 0 Å². The Morgan fingerprint density at radius 2 is 1.74 bits per heavy atom. The van der Waals surface area contributed by atoms with Gasteiger partial charge in [0.15, 0.2) is 0 Å². The average molecular weight is 307 g/mol. The van der Waals surface area contributed by atoms with Crippen molar-refractivity contribution >= 4 is 5.91 Å². The first-order valence-corrected chi connectivity index (χ1v) is 8.61. The molecule has 3 rings (SSSR count). The SMILES string of the molecule is CCc1ccc(C(C)NC(=O)C2(c3ccccc3)CCC2)cc1. The quantitative estimate of drug-likeness (QED) is 0.862. The zero-order chi connectivity index (χ0) is 16.3. The summed E-state index contributed by atoms with van der Waals surface area (Å²) in [6.07, 6.45) is 4.06. The minimum absolute atomic E-state index is 0.0367. The zero-order valence-corrected chi connectivity index (χ0v) is 14.0. The lowest BCUT2D eigenvalue weighted by molar-refractivity contribution is -0.130. The van der Waals surface area contributed by atoms with Crippen molar-refractivity contribution in [2.45, 2.75) is 51.0 Å². The highest BCUT2D eigenvalue weighted by molar-refractivity contribution is 5.89. The Labute approximate surface area is 138 Å².